The van der Waals surface area contributed by atoms with Gasteiger partial charge in [-0.15, -0.1) is 0 Å². The number of rotatable bonds is 1. The Morgan fingerprint density at radius 2 is 1.41 bits per heavy atom. The van der Waals surface area contributed by atoms with Crippen LogP contribution in [0.2, 0.25) is 0 Å². The second-order valence-electron chi connectivity index (χ2n) is 4.90. The number of nitrogens with zero attached hydrogens (tertiary/aromatic N) is 2. The Kier molecular flexibility index (Phi) is 2.50. The minimum absolute atomic E-state index is 1.14. The Labute approximate surface area is 103 Å². The first-order valence-electron chi connectivity index (χ1n) is 6.37. The van der Waals surface area contributed by atoms with Crippen LogP contribution in [0.1, 0.15) is 24.2 Å². The molecule has 0 aromatic heterocycles. The maximum Gasteiger partial charge on any atom is 0.0455 e. The topological polar surface area (TPSA) is 16.1 Å². The van der Waals surface area contributed by atoms with Crippen LogP contribution in [-0.4, -0.2) is 18.1 Å². The highest BCUT2D eigenvalue weighted by atomic mass is 15.1. The van der Waals surface area contributed by atoms with E-state index in [4.69, 9.17) is 0 Å². The summed E-state index contributed by atoms with van der Waals surface area (Å²) in [5, 5.41) is 0. The first-order chi connectivity index (χ1) is 8.25. The van der Waals surface area contributed by atoms with E-state index in [1.165, 1.54) is 42.7 Å². The van der Waals surface area contributed by atoms with Gasteiger partial charge in [0, 0.05) is 41.3 Å². The summed E-state index contributed by atoms with van der Waals surface area (Å²) in [5.74, 6) is 0. The van der Waals surface area contributed by atoms with Crippen molar-refractivity contribution >= 4 is 5.69 Å². The van der Waals surface area contributed by atoms with E-state index in [0.717, 1.165) is 11.4 Å². The van der Waals surface area contributed by atoms with Crippen molar-refractivity contribution in [3.8, 4) is 11.1 Å². The van der Waals surface area contributed by atoms with Crippen LogP contribution < -0.4 is 4.90 Å². The number of hydrogen-bond donors (Lipinski definition) is 0. The lowest BCUT2D eigenvalue weighted by atomic mass is 10.1. The fourth-order valence-corrected chi connectivity index (χ4v) is 2.76. The molecule has 3 aliphatic rings. The van der Waals surface area contributed by atoms with Crippen LogP contribution in [0.5, 0.6) is 0 Å². The number of hydrogen-bond acceptors (Lipinski definition) is 2. The molecule has 2 heterocycles. The zero-order chi connectivity index (χ0) is 11.8. The van der Waals surface area contributed by atoms with Crippen molar-refractivity contribution < 1.29 is 0 Å². The number of aryl methyl sites for hydroxylation is 2. The number of fused-ring (bicyclic) bond motifs is 1. The van der Waals surface area contributed by atoms with E-state index < -0.39 is 0 Å². The molecule has 0 bridgehead atoms. The summed E-state index contributed by atoms with van der Waals surface area (Å²) in [4.78, 5) is 7.00. The molecular weight excluding hydrogens is 208 g/mol. The second kappa shape index (κ2) is 4.02. The summed E-state index contributed by atoms with van der Waals surface area (Å²) >= 11 is 0. The van der Waals surface area contributed by atoms with Crippen LogP contribution in [0, 0.1) is 13.8 Å². The smallest absolute Gasteiger partial charge is 0.0455 e. The molecule has 1 aliphatic carbocycles. The molecule has 2 aliphatic heterocycles. The van der Waals surface area contributed by atoms with Crippen molar-refractivity contribution in [3.63, 3.8) is 0 Å². The van der Waals surface area contributed by atoms with Crippen molar-refractivity contribution in [2.24, 2.45) is 0 Å². The normalized spacial score (nSPS) is 15.8. The SMILES string of the molecule is Cc1nc(C)c2ccc(N3CCCC3)ccc1-2. The standard InChI is InChI=1S/C15H18N2/c1-11-14-7-5-13(17-9-3-4-10-17)6-8-15(14)12(2)16-11/h5-8H,3-4,9-10H2,1-2H3. The lowest BCUT2D eigenvalue weighted by Crippen LogP contribution is -2.16. The molecule has 2 heteroatoms. The second-order valence-corrected chi connectivity index (χ2v) is 4.90. The van der Waals surface area contributed by atoms with Gasteiger partial charge in [0.25, 0.3) is 0 Å². The predicted molar refractivity (Wildman–Crippen MR) is 71.8 cm³/mol. The molecule has 1 fully saturated rings. The van der Waals surface area contributed by atoms with Crippen molar-refractivity contribution in [1.82, 2.24) is 4.98 Å². The molecule has 0 aromatic rings. The highest BCUT2D eigenvalue weighted by molar-refractivity contribution is 5.72. The van der Waals surface area contributed by atoms with Gasteiger partial charge >= 0.3 is 0 Å². The average Bonchev–Trinajstić information content (AvgIpc) is 2.84. The molecule has 0 saturated carbocycles. The highest BCUT2D eigenvalue weighted by Gasteiger charge is 2.14. The van der Waals surface area contributed by atoms with Crippen LogP contribution >= 0.6 is 0 Å². The molecule has 2 nitrogen and oxygen atoms in total. The van der Waals surface area contributed by atoms with Crippen LogP contribution in [-0.2, 0) is 0 Å². The Balaban J connectivity index is 2.08. The summed E-state index contributed by atoms with van der Waals surface area (Å²) in [6, 6.07) is 8.92. The van der Waals surface area contributed by atoms with Gasteiger partial charge in [-0.2, -0.15) is 0 Å². The molecule has 0 spiro atoms. The predicted octanol–water partition coefficient (Wildman–Crippen LogP) is 3.40. The highest BCUT2D eigenvalue weighted by Crippen LogP contribution is 2.30. The van der Waals surface area contributed by atoms with E-state index in [1.807, 2.05) is 0 Å². The molecule has 0 N–H and O–H groups in total. The molecule has 3 rings (SSSR count). The van der Waals surface area contributed by atoms with Crippen LogP contribution in [0.4, 0.5) is 5.69 Å². The lowest BCUT2D eigenvalue weighted by molar-refractivity contribution is 0.949. The van der Waals surface area contributed by atoms with Crippen molar-refractivity contribution in [3.05, 3.63) is 35.7 Å². The molecular formula is C15H18N2. The largest absolute Gasteiger partial charge is 0.372 e. The van der Waals surface area contributed by atoms with Crippen LogP contribution in [0.3, 0.4) is 0 Å². The van der Waals surface area contributed by atoms with Gasteiger partial charge in [0.05, 0.1) is 0 Å². The van der Waals surface area contributed by atoms with Gasteiger partial charge in [-0.25, -0.2) is 0 Å². The fourth-order valence-electron chi connectivity index (χ4n) is 2.76. The summed E-state index contributed by atoms with van der Waals surface area (Å²) < 4.78 is 0. The number of aromatic nitrogens is 1. The molecule has 0 unspecified atom stereocenters. The Morgan fingerprint density at radius 1 is 0.882 bits per heavy atom. The van der Waals surface area contributed by atoms with Gasteiger partial charge in [0.2, 0.25) is 0 Å². The minimum Gasteiger partial charge on any atom is -0.372 e. The summed E-state index contributed by atoms with van der Waals surface area (Å²) in [5.41, 5.74) is 6.19. The van der Waals surface area contributed by atoms with Gasteiger partial charge in [0.1, 0.15) is 0 Å². The van der Waals surface area contributed by atoms with Gasteiger partial charge in [-0.1, -0.05) is 12.1 Å². The van der Waals surface area contributed by atoms with Crippen LogP contribution in [0.15, 0.2) is 24.3 Å². The van der Waals surface area contributed by atoms with E-state index in [0.29, 0.717) is 0 Å². The Morgan fingerprint density at radius 3 is 1.94 bits per heavy atom. The Hall–Kier alpha value is -1.57. The first-order valence-corrected chi connectivity index (χ1v) is 6.37. The van der Waals surface area contributed by atoms with E-state index >= 15 is 0 Å². The third-order valence-electron chi connectivity index (χ3n) is 3.72. The average molecular weight is 226 g/mol. The molecule has 88 valence electrons. The maximum absolute atomic E-state index is 4.53. The zero-order valence-electron chi connectivity index (χ0n) is 10.5. The van der Waals surface area contributed by atoms with Crippen molar-refractivity contribution in [2.75, 3.05) is 18.0 Å². The molecule has 1 saturated heterocycles. The van der Waals surface area contributed by atoms with Gasteiger partial charge in [0.15, 0.2) is 0 Å². The molecule has 0 amide bonds. The van der Waals surface area contributed by atoms with E-state index in [1.54, 1.807) is 0 Å². The molecule has 0 atom stereocenters. The molecule has 0 aromatic carbocycles. The quantitative estimate of drug-likeness (QED) is 0.741. The summed E-state index contributed by atoms with van der Waals surface area (Å²) in [6.07, 6.45) is 2.65. The van der Waals surface area contributed by atoms with Crippen molar-refractivity contribution in [2.45, 2.75) is 26.7 Å². The zero-order valence-corrected chi connectivity index (χ0v) is 10.5. The first kappa shape index (κ1) is 10.6. The lowest BCUT2D eigenvalue weighted by Gasteiger charge is -2.15. The van der Waals surface area contributed by atoms with Crippen LogP contribution in [0.25, 0.3) is 11.1 Å². The summed E-state index contributed by atoms with van der Waals surface area (Å²) in [6.45, 7) is 6.57. The van der Waals surface area contributed by atoms with Gasteiger partial charge in [-0.3, -0.25) is 4.98 Å². The number of anilines is 1. The maximum atomic E-state index is 4.53. The molecule has 0 radical (unpaired) electrons. The molecule has 17 heavy (non-hydrogen) atoms. The minimum atomic E-state index is 1.14. The van der Waals surface area contributed by atoms with E-state index in [2.05, 4.69) is 48.0 Å². The fraction of sp³-hybridized carbons (Fsp3) is 0.400. The van der Waals surface area contributed by atoms with E-state index in [9.17, 15) is 0 Å². The van der Waals surface area contributed by atoms with Crippen molar-refractivity contribution in [1.29, 1.82) is 0 Å². The monoisotopic (exact) mass is 226 g/mol. The summed E-state index contributed by atoms with van der Waals surface area (Å²) in [7, 11) is 0. The Bertz CT molecular complexity index is 476. The van der Waals surface area contributed by atoms with E-state index in [-0.39, 0.29) is 0 Å². The van der Waals surface area contributed by atoms with Gasteiger partial charge < -0.3 is 4.90 Å². The van der Waals surface area contributed by atoms with Gasteiger partial charge in [-0.05, 0) is 38.8 Å². The third-order valence-corrected chi connectivity index (χ3v) is 3.72. The third kappa shape index (κ3) is 1.78.